The molecule has 0 aliphatic heterocycles. The number of carbonyl (C=O) groups is 1. The van der Waals surface area contributed by atoms with E-state index in [1.54, 1.807) is 23.1 Å². The van der Waals surface area contributed by atoms with Gasteiger partial charge in [0.15, 0.2) is 0 Å². The van der Waals surface area contributed by atoms with E-state index in [2.05, 4.69) is 43.4 Å². The van der Waals surface area contributed by atoms with Crippen LogP contribution in [0, 0.1) is 3.57 Å². The van der Waals surface area contributed by atoms with Crippen molar-refractivity contribution in [3.8, 4) is 0 Å². The van der Waals surface area contributed by atoms with E-state index in [1.807, 2.05) is 30.3 Å². The number of nitrogens with zero attached hydrogens (tertiary/aromatic N) is 1. The fraction of sp³-hybridized carbons (Fsp3) is 0.296. The fourth-order valence-electron chi connectivity index (χ4n) is 3.63. The van der Waals surface area contributed by atoms with Gasteiger partial charge in [0.25, 0.3) is 5.91 Å². The first kappa shape index (κ1) is 26.1. The topological polar surface area (TPSA) is 46.3 Å². The first-order chi connectivity index (χ1) is 15.8. The monoisotopic (exact) mass is 580 g/mol. The Morgan fingerprint density at radius 2 is 1.59 bits per heavy atom. The normalized spacial score (nSPS) is 12.0. The number of halogens is 4. The van der Waals surface area contributed by atoms with Crippen molar-refractivity contribution in [3.63, 3.8) is 0 Å². The Bertz CT molecular complexity index is 1150. The molecule has 0 aromatic heterocycles. The minimum atomic E-state index is -4.41. The average molecular weight is 580 g/mol. The highest BCUT2D eigenvalue weighted by Crippen LogP contribution is 2.30. The predicted octanol–water partition coefficient (Wildman–Crippen LogP) is 7.07. The molecule has 0 bridgehead atoms. The van der Waals surface area contributed by atoms with E-state index in [4.69, 9.17) is 5.73 Å². The van der Waals surface area contributed by atoms with Gasteiger partial charge < -0.3 is 10.6 Å². The molecule has 0 radical (unpaired) electrons. The molecule has 3 rings (SSSR count). The van der Waals surface area contributed by atoms with Crippen LogP contribution in [0.15, 0.2) is 66.7 Å². The van der Waals surface area contributed by atoms with Gasteiger partial charge in [-0.05, 0) is 75.4 Å². The van der Waals surface area contributed by atoms with Gasteiger partial charge in [-0.25, -0.2) is 0 Å². The van der Waals surface area contributed by atoms with Crippen LogP contribution >= 0.6 is 22.6 Å². The third-order valence-corrected chi connectivity index (χ3v) is 6.32. The molecule has 2 N–H and O–H groups in total. The van der Waals surface area contributed by atoms with Crippen LogP contribution in [0.5, 0.6) is 0 Å². The van der Waals surface area contributed by atoms with Crippen LogP contribution in [-0.4, -0.2) is 17.4 Å². The molecular formula is C27H28F3IN2O. The van der Waals surface area contributed by atoms with Gasteiger partial charge in [0.05, 0.1) is 11.1 Å². The van der Waals surface area contributed by atoms with Gasteiger partial charge >= 0.3 is 6.18 Å². The molecule has 0 unspecified atom stereocenters. The molecule has 3 aromatic carbocycles. The highest BCUT2D eigenvalue weighted by atomic mass is 127. The summed E-state index contributed by atoms with van der Waals surface area (Å²) >= 11 is 2.12. The van der Waals surface area contributed by atoms with Gasteiger partial charge in [0, 0.05) is 22.3 Å². The highest BCUT2D eigenvalue weighted by molar-refractivity contribution is 14.1. The minimum Gasteiger partial charge on any atom is -0.398 e. The molecular weight excluding hydrogens is 552 g/mol. The van der Waals surface area contributed by atoms with E-state index in [1.165, 1.54) is 11.6 Å². The zero-order valence-electron chi connectivity index (χ0n) is 19.4. The summed E-state index contributed by atoms with van der Waals surface area (Å²) in [5.41, 5.74) is 8.81. The molecule has 0 atom stereocenters. The number of hydrogen-bond donors (Lipinski definition) is 1. The number of nitrogen functional groups attached to an aromatic ring is 1. The zero-order chi connectivity index (χ0) is 25.1. The molecule has 180 valence electrons. The number of hydrogen-bond acceptors (Lipinski definition) is 2. The summed E-state index contributed by atoms with van der Waals surface area (Å²) in [6, 6.07) is 18.6. The molecule has 0 saturated heterocycles. The van der Waals surface area contributed by atoms with Crippen LogP contribution in [-0.2, 0) is 24.6 Å². The van der Waals surface area contributed by atoms with Crippen LogP contribution in [0.4, 0.5) is 18.9 Å². The largest absolute Gasteiger partial charge is 0.416 e. The lowest BCUT2D eigenvalue weighted by Crippen LogP contribution is -2.33. The molecule has 3 nitrogen and oxygen atoms in total. The third-order valence-electron chi connectivity index (χ3n) is 5.65. The lowest BCUT2D eigenvalue weighted by Gasteiger charge is -2.25. The maximum atomic E-state index is 13.5. The van der Waals surface area contributed by atoms with Crippen LogP contribution in [0.2, 0.25) is 0 Å². The molecule has 7 heteroatoms. The lowest BCUT2D eigenvalue weighted by molar-refractivity contribution is -0.137. The standard InChI is InChI=1S/C27H28F3IN2O/c1-26(2,3)20-9-7-19(8-10-20)17-33(25(34)23-16-22(31)11-12-24(23)32)14-13-18-5-4-6-21(15-18)27(28,29)30/h4-12,15-16H,13-14,17,32H2,1-3H3. The summed E-state index contributed by atoms with van der Waals surface area (Å²) in [5, 5.41) is 0. The first-order valence-electron chi connectivity index (χ1n) is 10.9. The summed E-state index contributed by atoms with van der Waals surface area (Å²) in [6.45, 7) is 6.98. The predicted molar refractivity (Wildman–Crippen MR) is 139 cm³/mol. The van der Waals surface area contributed by atoms with Crippen molar-refractivity contribution in [3.05, 3.63) is 98.1 Å². The number of benzene rings is 3. The third kappa shape index (κ3) is 6.74. The van der Waals surface area contributed by atoms with Gasteiger partial charge in [-0.1, -0.05) is 63.2 Å². The molecule has 0 fully saturated rings. The van der Waals surface area contributed by atoms with Gasteiger partial charge in [0.2, 0.25) is 0 Å². The second-order valence-corrected chi connectivity index (χ2v) is 10.6. The number of carbonyl (C=O) groups excluding carboxylic acids is 1. The maximum Gasteiger partial charge on any atom is 0.416 e. The minimum absolute atomic E-state index is 0.00666. The van der Waals surface area contributed by atoms with Crippen molar-refractivity contribution in [1.82, 2.24) is 4.90 Å². The Kier molecular flexibility index (Phi) is 7.95. The summed E-state index contributed by atoms with van der Waals surface area (Å²) in [4.78, 5) is 15.1. The second kappa shape index (κ2) is 10.4. The lowest BCUT2D eigenvalue weighted by atomic mass is 9.87. The van der Waals surface area contributed by atoms with Crippen LogP contribution in [0.25, 0.3) is 0 Å². The average Bonchev–Trinajstić information content (AvgIpc) is 2.77. The molecule has 1 amide bonds. The molecule has 34 heavy (non-hydrogen) atoms. The van der Waals surface area contributed by atoms with E-state index in [-0.39, 0.29) is 17.9 Å². The molecule has 0 spiro atoms. The number of nitrogens with two attached hydrogens (primary N) is 1. The number of alkyl halides is 3. The first-order valence-corrected chi connectivity index (χ1v) is 12.0. The van der Waals surface area contributed by atoms with Crippen LogP contribution in [0.3, 0.4) is 0 Å². The highest BCUT2D eigenvalue weighted by Gasteiger charge is 2.30. The second-order valence-electron chi connectivity index (χ2n) is 9.35. The maximum absolute atomic E-state index is 13.5. The van der Waals surface area contributed by atoms with Gasteiger partial charge in [0.1, 0.15) is 0 Å². The van der Waals surface area contributed by atoms with Crippen LogP contribution in [0.1, 0.15) is 53.4 Å². The van der Waals surface area contributed by atoms with Crippen molar-refractivity contribution in [1.29, 1.82) is 0 Å². The van der Waals surface area contributed by atoms with E-state index in [0.717, 1.165) is 21.3 Å². The SMILES string of the molecule is CC(C)(C)c1ccc(CN(CCc2cccc(C(F)(F)F)c2)C(=O)c2cc(I)ccc2N)cc1. The number of rotatable bonds is 6. The van der Waals surface area contributed by atoms with Gasteiger partial charge in [-0.15, -0.1) is 0 Å². The Hall–Kier alpha value is -2.55. The smallest absolute Gasteiger partial charge is 0.398 e. The zero-order valence-corrected chi connectivity index (χ0v) is 21.6. The van der Waals surface area contributed by atoms with E-state index < -0.39 is 11.7 Å². The van der Waals surface area contributed by atoms with E-state index in [0.29, 0.717) is 29.8 Å². The summed E-state index contributed by atoms with van der Waals surface area (Å²) < 4.78 is 40.2. The van der Waals surface area contributed by atoms with Crippen molar-refractivity contribution in [2.45, 2.75) is 45.3 Å². The molecule has 0 heterocycles. The molecule has 0 aliphatic carbocycles. The molecule has 0 saturated carbocycles. The van der Waals surface area contributed by atoms with Gasteiger partial charge in [-0.3, -0.25) is 4.79 Å². The molecule has 0 aliphatic rings. The summed E-state index contributed by atoms with van der Waals surface area (Å²) in [5.74, 6) is -0.247. The van der Waals surface area contributed by atoms with Crippen molar-refractivity contribution >= 4 is 34.2 Å². The van der Waals surface area contributed by atoms with Crippen LogP contribution < -0.4 is 5.73 Å². The number of anilines is 1. The Balaban J connectivity index is 1.87. The van der Waals surface area contributed by atoms with Crippen molar-refractivity contribution in [2.24, 2.45) is 0 Å². The quantitative estimate of drug-likeness (QED) is 0.250. The van der Waals surface area contributed by atoms with E-state index >= 15 is 0 Å². The Morgan fingerprint density at radius 1 is 0.912 bits per heavy atom. The Labute approximate surface area is 212 Å². The Morgan fingerprint density at radius 3 is 2.21 bits per heavy atom. The van der Waals surface area contributed by atoms with E-state index in [9.17, 15) is 18.0 Å². The fourth-order valence-corrected chi connectivity index (χ4v) is 4.13. The van der Waals surface area contributed by atoms with Crippen molar-refractivity contribution < 1.29 is 18.0 Å². The van der Waals surface area contributed by atoms with Crippen molar-refractivity contribution in [2.75, 3.05) is 12.3 Å². The summed E-state index contributed by atoms with van der Waals surface area (Å²) in [6.07, 6.45) is -4.12. The van der Waals surface area contributed by atoms with Gasteiger partial charge in [-0.2, -0.15) is 13.2 Å². The summed E-state index contributed by atoms with van der Waals surface area (Å²) in [7, 11) is 0. The number of amides is 1. The molecule has 3 aromatic rings.